The lowest BCUT2D eigenvalue weighted by Crippen LogP contribution is -2.09. The monoisotopic (exact) mass is 360 g/mol. The average Bonchev–Trinajstić information content (AvgIpc) is 2.52. The number of aryl methyl sites for hydroxylation is 1. The number of nitro benzene ring substituents is 1. The van der Waals surface area contributed by atoms with Crippen molar-refractivity contribution in [1.82, 2.24) is 0 Å². The van der Waals surface area contributed by atoms with Crippen molar-refractivity contribution >= 4 is 33.3 Å². The number of hydrogen-bond acceptors (Lipinski definition) is 5. The molecule has 0 heterocycles. The summed E-state index contributed by atoms with van der Waals surface area (Å²) in [6.45, 7) is 1.64. The van der Waals surface area contributed by atoms with Gasteiger partial charge in [-0.05, 0) is 42.8 Å². The lowest BCUT2D eigenvalue weighted by atomic mass is 10.1. The number of nitrogens with zero attached hydrogens (tertiary/aromatic N) is 1. The largest absolute Gasteiger partial charge is 0.289 e. The van der Waals surface area contributed by atoms with Crippen molar-refractivity contribution in [2.75, 3.05) is 11.0 Å². The smallest absolute Gasteiger partial charge is 0.272 e. The number of anilines is 1. The van der Waals surface area contributed by atoms with Gasteiger partial charge in [-0.15, -0.1) is 0 Å². The van der Waals surface area contributed by atoms with Gasteiger partial charge in [0.2, 0.25) is 10.0 Å². The highest BCUT2D eigenvalue weighted by atomic mass is 32.2. The number of rotatable bonds is 6. The summed E-state index contributed by atoms with van der Waals surface area (Å²) in [7, 11) is -3.38. The Bertz CT molecular complexity index is 948. The fraction of sp³-hybridized carbons (Fsp3) is 0.118. The van der Waals surface area contributed by atoms with E-state index < -0.39 is 14.9 Å². The molecule has 0 saturated heterocycles. The molecular formula is C17H16N2O5S. The lowest BCUT2D eigenvalue weighted by molar-refractivity contribution is -0.385. The van der Waals surface area contributed by atoms with E-state index in [9.17, 15) is 23.3 Å². The quantitative estimate of drug-likeness (QED) is 0.368. The summed E-state index contributed by atoms with van der Waals surface area (Å²) in [5, 5.41) is 10.9. The SMILES string of the molecule is Cc1ccc(/C=C/C(=O)c2ccc(NS(C)(=O)=O)cc2)cc1[N+](=O)[O-]. The minimum Gasteiger partial charge on any atom is -0.289 e. The first-order valence-corrected chi connectivity index (χ1v) is 9.10. The molecule has 0 radical (unpaired) electrons. The van der Waals surface area contributed by atoms with E-state index >= 15 is 0 Å². The molecule has 25 heavy (non-hydrogen) atoms. The molecule has 0 amide bonds. The maximum Gasteiger partial charge on any atom is 0.272 e. The molecule has 0 fully saturated rings. The van der Waals surface area contributed by atoms with E-state index in [-0.39, 0.29) is 11.5 Å². The standard InChI is InChI=1S/C17H16N2O5S/c1-12-3-4-13(11-16(12)19(21)22)5-10-17(20)14-6-8-15(9-7-14)18-25(2,23)24/h3-11,18H,1-2H3/b10-5+. The van der Waals surface area contributed by atoms with Gasteiger partial charge in [-0.3, -0.25) is 19.6 Å². The van der Waals surface area contributed by atoms with Gasteiger partial charge in [-0.2, -0.15) is 0 Å². The number of nitro groups is 1. The maximum absolute atomic E-state index is 12.1. The fourth-order valence-corrected chi connectivity index (χ4v) is 2.68. The number of carbonyl (C=O) groups excluding carboxylic acids is 1. The molecule has 0 aromatic heterocycles. The Balaban J connectivity index is 2.15. The molecule has 0 unspecified atom stereocenters. The van der Waals surface area contributed by atoms with Gasteiger partial charge in [-0.25, -0.2) is 8.42 Å². The highest BCUT2D eigenvalue weighted by Gasteiger charge is 2.10. The summed E-state index contributed by atoms with van der Waals surface area (Å²) in [5.41, 5.74) is 1.81. The second kappa shape index (κ2) is 7.27. The summed E-state index contributed by atoms with van der Waals surface area (Å²) < 4.78 is 24.6. The third-order valence-electron chi connectivity index (χ3n) is 3.33. The first-order chi connectivity index (χ1) is 11.7. The van der Waals surface area contributed by atoms with Crippen molar-refractivity contribution in [1.29, 1.82) is 0 Å². The van der Waals surface area contributed by atoms with Gasteiger partial charge in [0.25, 0.3) is 5.69 Å². The van der Waals surface area contributed by atoms with E-state index in [4.69, 9.17) is 0 Å². The van der Waals surface area contributed by atoms with Crippen LogP contribution in [0.3, 0.4) is 0 Å². The van der Waals surface area contributed by atoms with Crippen LogP contribution in [0.1, 0.15) is 21.5 Å². The second-order valence-corrected chi connectivity index (χ2v) is 7.20. The average molecular weight is 360 g/mol. The number of hydrogen-bond donors (Lipinski definition) is 1. The van der Waals surface area contributed by atoms with Crippen LogP contribution < -0.4 is 4.72 Å². The molecule has 0 atom stereocenters. The molecule has 2 aromatic rings. The third-order valence-corrected chi connectivity index (χ3v) is 3.94. The van der Waals surface area contributed by atoms with Gasteiger partial charge in [0.1, 0.15) is 0 Å². The van der Waals surface area contributed by atoms with Crippen molar-refractivity contribution < 1.29 is 18.1 Å². The minimum absolute atomic E-state index is 0.00852. The van der Waals surface area contributed by atoms with Crippen LogP contribution in [0.2, 0.25) is 0 Å². The molecule has 2 rings (SSSR count). The summed E-state index contributed by atoms with van der Waals surface area (Å²) in [6, 6.07) is 10.7. The van der Waals surface area contributed by atoms with Crippen molar-refractivity contribution in [3.63, 3.8) is 0 Å². The third kappa shape index (κ3) is 5.25. The molecule has 0 aliphatic heterocycles. The van der Waals surface area contributed by atoms with Crippen molar-refractivity contribution in [3.8, 4) is 0 Å². The summed E-state index contributed by atoms with van der Waals surface area (Å²) in [6.07, 6.45) is 3.85. The molecular weight excluding hydrogens is 344 g/mol. The minimum atomic E-state index is -3.38. The van der Waals surface area contributed by atoms with Gasteiger partial charge < -0.3 is 0 Å². The van der Waals surface area contributed by atoms with Crippen LogP contribution in [0.25, 0.3) is 6.08 Å². The molecule has 7 nitrogen and oxygen atoms in total. The summed E-state index contributed by atoms with van der Waals surface area (Å²) in [4.78, 5) is 22.6. The molecule has 0 spiro atoms. The fourth-order valence-electron chi connectivity index (χ4n) is 2.11. The molecule has 0 bridgehead atoms. The Morgan fingerprint density at radius 1 is 1.16 bits per heavy atom. The van der Waals surface area contributed by atoms with E-state index in [0.29, 0.717) is 22.4 Å². The van der Waals surface area contributed by atoms with E-state index in [1.54, 1.807) is 19.1 Å². The number of carbonyl (C=O) groups is 1. The molecule has 8 heteroatoms. The molecule has 2 aromatic carbocycles. The highest BCUT2D eigenvalue weighted by molar-refractivity contribution is 7.92. The predicted molar refractivity (Wildman–Crippen MR) is 96.1 cm³/mol. The van der Waals surface area contributed by atoms with E-state index in [2.05, 4.69) is 4.72 Å². The zero-order valence-electron chi connectivity index (χ0n) is 13.6. The Morgan fingerprint density at radius 2 is 1.80 bits per heavy atom. The van der Waals surface area contributed by atoms with Crippen LogP contribution in [0, 0.1) is 17.0 Å². The van der Waals surface area contributed by atoms with Gasteiger partial charge >= 0.3 is 0 Å². The molecule has 0 aliphatic rings. The number of sulfonamides is 1. The number of allylic oxidation sites excluding steroid dienone is 1. The Morgan fingerprint density at radius 3 is 2.36 bits per heavy atom. The van der Waals surface area contributed by atoms with Crippen molar-refractivity contribution in [2.24, 2.45) is 0 Å². The first-order valence-electron chi connectivity index (χ1n) is 7.21. The molecule has 1 N–H and O–H groups in total. The van der Waals surface area contributed by atoms with E-state index in [0.717, 1.165) is 6.26 Å². The maximum atomic E-state index is 12.1. The van der Waals surface area contributed by atoms with Crippen LogP contribution in [-0.2, 0) is 10.0 Å². The molecule has 130 valence electrons. The lowest BCUT2D eigenvalue weighted by Gasteiger charge is -2.04. The zero-order valence-corrected chi connectivity index (χ0v) is 14.4. The second-order valence-electron chi connectivity index (χ2n) is 5.45. The summed E-state index contributed by atoms with van der Waals surface area (Å²) in [5.74, 6) is -0.297. The molecule has 0 saturated carbocycles. The number of nitrogens with one attached hydrogen (secondary N) is 1. The highest BCUT2D eigenvalue weighted by Crippen LogP contribution is 2.20. The van der Waals surface area contributed by atoms with Gasteiger partial charge in [0, 0.05) is 22.9 Å². The summed E-state index contributed by atoms with van der Waals surface area (Å²) >= 11 is 0. The number of benzene rings is 2. The first kappa shape index (κ1) is 18.3. The van der Waals surface area contributed by atoms with Crippen LogP contribution in [0.15, 0.2) is 48.5 Å². The van der Waals surface area contributed by atoms with Crippen LogP contribution in [-0.4, -0.2) is 25.4 Å². The van der Waals surface area contributed by atoms with Gasteiger partial charge in [0.15, 0.2) is 5.78 Å². The predicted octanol–water partition coefficient (Wildman–Crippen LogP) is 3.17. The van der Waals surface area contributed by atoms with Crippen molar-refractivity contribution in [3.05, 3.63) is 75.3 Å². The van der Waals surface area contributed by atoms with Crippen LogP contribution >= 0.6 is 0 Å². The van der Waals surface area contributed by atoms with E-state index in [1.165, 1.54) is 42.5 Å². The number of ketones is 1. The topological polar surface area (TPSA) is 106 Å². The van der Waals surface area contributed by atoms with Crippen LogP contribution in [0.5, 0.6) is 0 Å². The zero-order chi connectivity index (χ0) is 18.6. The van der Waals surface area contributed by atoms with Gasteiger partial charge in [0.05, 0.1) is 11.2 Å². The van der Waals surface area contributed by atoms with Crippen LogP contribution in [0.4, 0.5) is 11.4 Å². The van der Waals surface area contributed by atoms with Crippen molar-refractivity contribution in [2.45, 2.75) is 6.92 Å². The molecule has 0 aliphatic carbocycles. The Labute approximate surface area is 145 Å². The van der Waals surface area contributed by atoms with Gasteiger partial charge in [-0.1, -0.05) is 18.2 Å². The van der Waals surface area contributed by atoms with E-state index in [1.807, 2.05) is 0 Å². The Hall–Kier alpha value is -3.00. The normalized spacial score (nSPS) is 11.4. The Kier molecular flexibility index (Phi) is 5.33.